The average molecular weight is 255 g/mol. The first kappa shape index (κ1) is 13.9. The molecule has 1 unspecified atom stereocenters. The van der Waals surface area contributed by atoms with E-state index in [-0.39, 0.29) is 12.5 Å². The highest BCUT2D eigenvalue weighted by Crippen LogP contribution is 2.03. The summed E-state index contributed by atoms with van der Waals surface area (Å²) < 4.78 is 0. The molecule has 100 valence electrons. The Labute approximate surface area is 104 Å². The Bertz CT molecular complexity index is 404. The van der Waals surface area contributed by atoms with E-state index in [1.54, 1.807) is 20.9 Å². The van der Waals surface area contributed by atoms with Gasteiger partial charge in [-0.3, -0.25) is 5.10 Å². The van der Waals surface area contributed by atoms with Crippen molar-refractivity contribution in [2.24, 2.45) is 5.92 Å². The van der Waals surface area contributed by atoms with Crippen LogP contribution >= 0.6 is 0 Å². The molecule has 1 atom stereocenters. The monoisotopic (exact) mass is 255 g/mol. The third-order valence-corrected chi connectivity index (χ3v) is 2.41. The van der Waals surface area contributed by atoms with Gasteiger partial charge >= 0.3 is 12.0 Å². The highest BCUT2D eigenvalue weighted by atomic mass is 16.4. The molecule has 0 saturated heterocycles. The third-order valence-electron chi connectivity index (χ3n) is 2.41. The lowest BCUT2D eigenvalue weighted by atomic mass is 10.1. The number of carboxylic acid groups (broad SMARTS) is 1. The molecule has 0 spiro atoms. The summed E-state index contributed by atoms with van der Waals surface area (Å²) in [6.45, 7) is 3.70. The lowest BCUT2D eigenvalue weighted by Gasteiger charge is -2.22. The number of hydrogen-bond acceptors (Lipinski definition) is 4. The van der Waals surface area contributed by atoms with Gasteiger partial charge in [0.05, 0.1) is 6.54 Å². The normalized spacial score (nSPS) is 12.2. The summed E-state index contributed by atoms with van der Waals surface area (Å²) in [7, 11) is 1.55. The van der Waals surface area contributed by atoms with E-state index in [1.165, 1.54) is 11.2 Å². The number of H-pyrrole nitrogens is 1. The molecule has 3 N–H and O–H groups in total. The van der Waals surface area contributed by atoms with Crippen molar-refractivity contribution >= 4 is 12.0 Å². The second kappa shape index (κ2) is 5.99. The van der Waals surface area contributed by atoms with E-state index in [1.807, 2.05) is 0 Å². The highest BCUT2D eigenvalue weighted by molar-refractivity contribution is 5.82. The molecule has 18 heavy (non-hydrogen) atoms. The maximum Gasteiger partial charge on any atom is 0.326 e. The summed E-state index contributed by atoms with van der Waals surface area (Å²) in [5.74, 6) is -0.708. The lowest BCUT2D eigenvalue weighted by Crippen LogP contribution is -2.48. The number of carbonyl (C=O) groups excluding carboxylic acids is 1. The van der Waals surface area contributed by atoms with Crippen molar-refractivity contribution in [3.8, 4) is 0 Å². The zero-order valence-electron chi connectivity index (χ0n) is 10.5. The number of aliphatic carboxylic acids is 1. The van der Waals surface area contributed by atoms with Crippen molar-refractivity contribution in [2.45, 2.75) is 26.4 Å². The number of amides is 2. The Morgan fingerprint density at radius 2 is 2.22 bits per heavy atom. The summed E-state index contributed by atoms with van der Waals surface area (Å²) in [6, 6.07) is -1.37. The van der Waals surface area contributed by atoms with E-state index in [2.05, 4.69) is 20.5 Å². The molecule has 0 fully saturated rings. The van der Waals surface area contributed by atoms with Crippen molar-refractivity contribution in [1.82, 2.24) is 25.4 Å². The van der Waals surface area contributed by atoms with Gasteiger partial charge in [0.2, 0.25) is 0 Å². The van der Waals surface area contributed by atoms with Crippen LogP contribution in [0.25, 0.3) is 0 Å². The number of rotatable bonds is 5. The molecule has 8 heteroatoms. The molecule has 1 heterocycles. The number of hydrogen-bond donors (Lipinski definition) is 3. The quantitative estimate of drug-likeness (QED) is 0.688. The topological polar surface area (TPSA) is 111 Å². The van der Waals surface area contributed by atoms with Crippen LogP contribution in [0.5, 0.6) is 0 Å². The van der Waals surface area contributed by atoms with Gasteiger partial charge in [0.25, 0.3) is 0 Å². The fourth-order valence-electron chi connectivity index (χ4n) is 1.36. The van der Waals surface area contributed by atoms with E-state index in [9.17, 15) is 9.59 Å². The van der Waals surface area contributed by atoms with Gasteiger partial charge in [-0.15, -0.1) is 0 Å². The van der Waals surface area contributed by atoms with Gasteiger partial charge in [-0.25, -0.2) is 14.6 Å². The predicted octanol–water partition coefficient (Wildman–Crippen LogP) is 0.0553. The molecule has 0 aliphatic heterocycles. The first-order chi connectivity index (χ1) is 8.41. The Hall–Kier alpha value is -2.12. The van der Waals surface area contributed by atoms with Crippen molar-refractivity contribution in [3.63, 3.8) is 0 Å². The summed E-state index contributed by atoms with van der Waals surface area (Å²) >= 11 is 0. The Morgan fingerprint density at radius 3 is 2.67 bits per heavy atom. The first-order valence-corrected chi connectivity index (χ1v) is 5.50. The van der Waals surface area contributed by atoms with E-state index in [0.717, 1.165) is 0 Å². The van der Waals surface area contributed by atoms with Crippen LogP contribution in [0.2, 0.25) is 0 Å². The molecule has 8 nitrogen and oxygen atoms in total. The van der Waals surface area contributed by atoms with Crippen LogP contribution < -0.4 is 5.32 Å². The fourth-order valence-corrected chi connectivity index (χ4v) is 1.36. The summed E-state index contributed by atoms with van der Waals surface area (Å²) in [5, 5.41) is 17.7. The van der Waals surface area contributed by atoms with Crippen LogP contribution in [-0.4, -0.2) is 50.3 Å². The van der Waals surface area contributed by atoms with Gasteiger partial charge in [-0.05, 0) is 5.92 Å². The molecular formula is C10H17N5O3. The maximum absolute atomic E-state index is 11.8. The molecule has 2 amide bonds. The zero-order chi connectivity index (χ0) is 13.7. The predicted molar refractivity (Wildman–Crippen MR) is 62.6 cm³/mol. The second-order valence-electron chi connectivity index (χ2n) is 4.30. The highest BCUT2D eigenvalue weighted by Gasteiger charge is 2.24. The number of aromatic nitrogens is 3. The SMILES string of the molecule is CC(C)C(NC(=O)N(C)Cc1ncn[nH]1)C(=O)O. The number of nitrogens with zero attached hydrogens (tertiary/aromatic N) is 3. The van der Waals surface area contributed by atoms with Gasteiger partial charge in [-0.2, -0.15) is 5.10 Å². The largest absolute Gasteiger partial charge is 0.480 e. The molecule has 1 rings (SSSR count). The third kappa shape index (κ3) is 3.72. The van der Waals surface area contributed by atoms with Gasteiger partial charge < -0.3 is 15.3 Å². The second-order valence-corrected chi connectivity index (χ2v) is 4.30. The average Bonchev–Trinajstić information content (AvgIpc) is 2.77. The Morgan fingerprint density at radius 1 is 1.56 bits per heavy atom. The number of aromatic amines is 1. The minimum absolute atomic E-state index is 0.190. The standard InChI is InChI=1S/C10H17N5O3/c1-6(2)8(9(16)17)13-10(18)15(3)4-7-11-5-12-14-7/h5-6,8H,4H2,1-3H3,(H,13,18)(H,16,17)(H,11,12,14). The minimum atomic E-state index is -1.05. The molecule has 0 bridgehead atoms. The summed E-state index contributed by atoms with van der Waals surface area (Å²) in [5.41, 5.74) is 0. The number of nitrogens with one attached hydrogen (secondary N) is 2. The molecule has 0 aromatic carbocycles. The van der Waals surface area contributed by atoms with Crippen LogP contribution in [-0.2, 0) is 11.3 Å². The van der Waals surface area contributed by atoms with E-state index >= 15 is 0 Å². The van der Waals surface area contributed by atoms with Crippen LogP contribution in [0.1, 0.15) is 19.7 Å². The molecule has 0 aliphatic rings. The van der Waals surface area contributed by atoms with Gasteiger partial charge in [0.15, 0.2) is 0 Å². The molecule has 1 aromatic heterocycles. The van der Waals surface area contributed by atoms with E-state index in [4.69, 9.17) is 5.11 Å². The lowest BCUT2D eigenvalue weighted by molar-refractivity contribution is -0.140. The number of carboxylic acids is 1. The van der Waals surface area contributed by atoms with Gasteiger partial charge in [0.1, 0.15) is 18.2 Å². The molecule has 0 saturated carbocycles. The van der Waals surface area contributed by atoms with Crippen molar-refractivity contribution in [1.29, 1.82) is 0 Å². The minimum Gasteiger partial charge on any atom is -0.480 e. The molecular weight excluding hydrogens is 238 g/mol. The zero-order valence-corrected chi connectivity index (χ0v) is 10.5. The van der Waals surface area contributed by atoms with Crippen LogP contribution in [0.15, 0.2) is 6.33 Å². The number of carbonyl (C=O) groups is 2. The summed E-state index contributed by atoms with van der Waals surface area (Å²) in [4.78, 5) is 27.9. The fraction of sp³-hybridized carbons (Fsp3) is 0.600. The molecule has 0 aliphatic carbocycles. The van der Waals surface area contributed by atoms with Crippen molar-refractivity contribution < 1.29 is 14.7 Å². The maximum atomic E-state index is 11.8. The van der Waals surface area contributed by atoms with Crippen molar-refractivity contribution in [2.75, 3.05) is 7.05 Å². The van der Waals surface area contributed by atoms with Gasteiger partial charge in [-0.1, -0.05) is 13.8 Å². The van der Waals surface area contributed by atoms with Crippen molar-refractivity contribution in [3.05, 3.63) is 12.2 Å². The van der Waals surface area contributed by atoms with E-state index < -0.39 is 18.0 Å². The molecule has 0 radical (unpaired) electrons. The van der Waals surface area contributed by atoms with Crippen LogP contribution in [0, 0.1) is 5.92 Å². The molecule has 1 aromatic rings. The summed E-state index contributed by atoms with van der Waals surface area (Å²) in [6.07, 6.45) is 1.34. The number of urea groups is 1. The smallest absolute Gasteiger partial charge is 0.326 e. The van der Waals surface area contributed by atoms with E-state index in [0.29, 0.717) is 5.82 Å². The van der Waals surface area contributed by atoms with Crippen LogP contribution in [0.4, 0.5) is 4.79 Å². The Kier molecular flexibility index (Phi) is 4.64. The van der Waals surface area contributed by atoms with Gasteiger partial charge in [0, 0.05) is 7.05 Å². The first-order valence-electron chi connectivity index (χ1n) is 5.50. The Balaban J connectivity index is 2.56. The van der Waals surface area contributed by atoms with Crippen LogP contribution in [0.3, 0.4) is 0 Å².